The van der Waals surface area contributed by atoms with E-state index in [1.54, 1.807) is 5.32 Å². The predicted octanol–water partition coefficient (Wildman–Crippen LogP) is 2.35. The maximum absolute atomic E-state index is 13.6. The second-order valence-corrected chi connectivity index (χ2v) is 3.33. The highest BCUT2D eigenvalue weighted by molar-refractivity contribution is 5.61. The number of nitriles is 4. The summed E-state index contributed by atoms with van der Waals surface area (Å²) in [5.74, 6) is -7.86. The van der Waals surface area contributed by atoms with Gasteiger partial charge in [-0.15, -0.1) is 0 Å². The van der Waals surface area contributed by atoms with Crippen LogP contribution in [0.3, 0.4) is 0 Å². The Balaban J connectivity index is 3.61. The van der Waals surface area contributed by atoms with Gasteiger partial charge in [0.1, 0.15) is 41.2 Å². The van der Waals surface area contributed by atoms with E-state index in [1.807, 2.05) is 0 Å². The van der Waals surface area contributed by atoms with E-state index in [2.05, 4.69) is 0 Å². The number of rotatable bonds is 2. The van der Waals surface area contributed by atoms with Crippen molar-refractivity contribution in [1.82, 2.24) is 0 Å². The molecule has 1 N–H and O–H groups in total. The van der Waals surface area contributed by atoms with Crippen LogP contribution < -0.4 is 5.32 Å². The molecule has 0 aromatic heterocycles. The number of benzene rings is 1. The van der Waals surface area contributed by atoms with Gasteiger partial charge in [0.25, 0.3) is 0 Å². The van der Waals surface area contributed by atoms with Crippen molar-refractivity contribution in [2.75, 3.05) is 5.32 Å². The minimum Gasteiger partial charge on any atom is -0.340 e. The topological polar surface area (TPSA) is 107 Å². The van der Waals surface area contributed by atoms with E-state index in [0.717, 1.165) is 6.07 Å². The lowest BCUT2D eigenvalue weighted by Crippen LogP contribution is -2.10. The average molecular weight is 291 g/mol. The van der Waals surface area contributed by atoms with Gasteiger partial charge in [-0.25, -0.2) is 17.6 Å². The number of allylic oxidation sites excluding steroid dienone is 2. The molecule has 1 aromatic carbocycles. The highest BCUT2D eigenvalue weighted by atomic mass is 19.2. The molecule has 0 heterocycles. The molecule has 102 valence electrons. The molecule has 0 unspecified atom stereocenters. The SMILES string of the molecule is N#CC(C#N)=C(C#N)Nc1c(F)c(F)c(C#N)c(F)c1F. The summed E-state index contributed by atoms with van der Waals surface area (Å²) in [4.78, 5) is 0. The molecule has 0 aliphatic rings. The predicted molar refractivity (Wildman–Crippen MR) is 58.5 cm³/mol. The molecule has 0 spiro atoms. The number of nitrogens with one attached hydrogen (secondary N) is 1. The Labute approximate surface area is 115 Å². The second-order valence-electron chi connectivity index (χ2n) is 3.33. The van der Waals surface area contributed by atoms with Gasteiger partial charge in [-0.2, -0.15) is 21.0 Å². The molecule has 0 fully saturated rings. The Morgan fingerprint density at radius 1 is 0.762 bits per heavy atom. The van der Waals surface area contributed by atoms with Crippen LogP contribution in [0.5, 0.6) is 0 Å². The minimum absolute atomic E-state index is 0.846. The van der Waals surface area contributed by atoms with Crippen molar-refractivity contribution in [2.24, 2.45) is 0 Å². The Bertz CT molecular complexity index is 769. The van der Waals surface area contributed by atoms with E-state index in [9.17, 15) is 17.6 Å². The smallest absolute Gasteiger partial charge is 0.186 e. The lowest BCUT2D eigenvalue weighted by atomic mass is 10.1. The van der Waals surface area contributed by atoms with Crippen LogP contribution in [0.25, 0.3) is 0 Å². The maximum Gasteiger partial charge on any atom is 0.186 e. The maximum atomic E-state index is 13.6. The van der Waals surface area contributed by atoms with Gasteiger partial charge in [-0.1, -0.05) is 0 Å². The first-order chi connectivity index (χ1) is 9.92. The van der Waals surface area contributed by atoms with E-state index in [1.165, 1.54) is 18.2 Å². The van der Waals surface area contributed by atoms with Crippen molar-refractivity contribution in [3.8, 4) is 24.3 Å². The molecule has 0 atom stereocenters. The number of hydrogen-bond donors (Lipinski definition) is 1. The van der Waals surface area contributed by atoms with Crippen LogP contribution in [0.4, 0.5) is 23.2 Å². The first-order valence-corrected chi connectivity index (χ1v) is 4.90. The molecule has 1 aromatic rings. The Morgan fingerprint density at radius 3 is 1.57 bits per heavy atom. The monoisotopic (exact) mass is 291 g/mol. The van der Waals surface area contributed by atoms with Gasteiger partial charge in [0.15, 0.2) is 28.8 Å². The first kappa shape index (κ1) is 15.5. The van der Waals surface area contributed by atoms with E-state index in [0.29, 0.717) is 0 Å². The van der Waals surface area contributed by atoms with Crippen molar-refractivity contribution in [3.05, 3.63) is 40.1 Å². The van der Waals surface area contributed by atoms with Gasteiger partial charge in [0.2, 0.25) is 0 Å². The Hall–Kier alpha value is -3.56. The summed E-state index contributed by atoms with van der Waals surface area (Å²) in [5, 5.41) is 35.8. The zero-order valence-electron chi connectivity index (χ0n) is 9.80. The molecule has 21 heavy (non-hydrogen) atoms. The Kier molecular flexibility index (Phi) is 4.47. The van der Waals surface area contributed by atoms with Crippen LogP contribution in [0.1, 0.15) is 5.56 Å². The van der Waals surface area contributed by atoms with Crippen LogP contribution >= 0.6 is 0 Å². The largest absolute Gasteiger partial charge is 0.340 e. The van der Waals surface area contributed by atoms with E-state index >= 15 is 0 Å². The zero-order chi connectivity index (χ0) is 16.2. The number of anilines is 1. The summed E-state index contributed by atoms with van der Waals surface area (Å²) >= 11 is 0. The third-order valence-corrected chi connectivity index (χ3v) is 2.21. The third kappa shape index (κ3) is 2.58. The van der Waals surface area contributed by atoms with Gasteiger partial charge in [-0.05, 0) is 0 Å². The molecule has 0 saturated carbocycles. The highest BCUT2D eigenvalue weighted by Gasteiger charge is 2.26. The lowest BCUT2D eigenvalue weighted by Gasteiger charge is -2.10. The Morgan fingerprint density at radius 2 is 1.24 bits per heavy atom. The minimum atomic E-state index is -1.97. The highest BCUT2D eigenvalue weighted by Crippen LogP contribution is 2.28. The summed E-state index contributed by atoms with van der Waals surface area (Å²) in [6, 6.07) is 4.73. The second kappa shape index (κ2) is 6.06. The third-order valence-electron chi connectivity index (χ3n) is 2.21. The van der Waals surface area contributed by atoms with Crippen LogP contribution in [-0.2, 0) is 0 Å². The normalized spacial score (nSPS) is 8.76. The first-order valence-electron chi connectivity index (χ1n) is 4.90. The fourth-order valence-electron chi connectivity index (χ4n) is 1.25. The summed E-state index contributed by atoms with van der Waals surface area (Å²) < 4.78 is 53.8. The summed E-state index contributed by atoms with van der Waals surface area (Å²) in [6.07, 6.45) is 0. The summed E-state index contributed by atoms with van der Waals surface area (Å²) in [6.45, 7) is 0. The molecular formula is C12HF4N5. The van der Waals surface area contributed by atoms with Crippen LogP contribution in [0.15, 0.2) is 11.3 Å². The van der Waals surface area contributed by atoms with Crippen molar-refractivity contribution in [1.29, 1.82) is 21.0 Å². The fraction of sp³-hybridized carbons (Fsp3) is 0. The van der Waals surface area contributed by atoms with Crippen molar-refractivity contribution in [2.45, 2.75) is 0 Å². The van der Waals surface area contributed by atoms with Crippen molar-refractivity contribution in [3.63, 3.8) is 0 Å². The van der Waals surface area contributed by atoms with Crippen LogP contribution in [0, 0.1) is 68.6 Å². The van der Waals surface area contributed by atoms with Crippen molar-refractivity contribution < 1.29 is 17.6 Å². The van der Waals surface area contributed by atoms with E-state index in [4.69, 9.17) is 21.0 Å². The molecule has 5 nitrogen and oxygen atoms in total. The quantitative estimate of drug-likeness (QED) is 0.511. The van der Waals surface area contributed by atoms with Gasteiger partial charge in [0.05, 0.1) is 0 Å². The molecular weight excluding hydrogens is 290 g/mol. The van der Waals surface area contributed by atoms with Crippen LogP contribution in [-0.4, -0.2) is 0 Å². The molecule has 0 amide bonds. The van der Waals surface area contributed by atoms with E-state index in [-0.39, 0.29) is 0 Å². The molecule has 0 aliphatic heterocycles. The van der Waals surface area contributed by atoms with Gasteiger partial charge >= 0.3 is 0 Å². The van der Waals surface area contributed by atoms with Gasteiger partial charge in [-0.3, -0.25) is 0 Å². The molecule has 0 bridgehead atoms. The number of hydrogen-bond acceptors (Lipinski definition) is 5. The number of nitrogens with zero attached hydrogens (tertiary/aromatic N) is 4. The van der Waals surface area contributed by atoms with E-state index < -0.39 is 45.8 Å². The molecule has 0 radical (unpaired) electrons. The number of halogens is 4. The molecule has 9 heteroatoms. The molecule has 0 saturated heterocycles. The van der Waals surface area contributed by atoms with Crippen molar-refractivity contribution >= 4 is 5.69 Å². The van der Waals surface area contributed by atoms with Gasteiger partial charge in [0, 0.05) is 0 Å². The summed E-state index contributed by atoms with van der Waals surface area (Å²) in [5.41, 5.74) is -4.65. The zero-order valence-corrected chi connectivity index (χ0v) is 9.80. The molecule has 0 aliphatic carbocycles. The standard InChI is InChI=1S/C12HF4N5/c13-8-6(3-19)9(14)11(16)12(10(8)15)21-7(4-20)5(1-17)2-18/h21H. The van der Waals surface area contributed by atoms with Gasteiger partial charge < -0.3 is 5.32 Å². The van der Waals surface area contributed by atoms with Crippen LogP contribution in [0.2, 0.25) is 0 Å². The summed E-state index contributed by atoms with van der Waals surface area (Å²) in [7, 11) is 0. The molecule has 1 rings (SSSR count). The fourth-order valence-corrected chi connectivity index (χ4v) is 1.25. The lowest BCUT2D eigenvalue weighted by molar-refractivity contribution is 0.455. The average Bonchev–Trinajstić information content (AvgIpc) is 2.49.